The highest BCUT2D eigenvalue weighted by Gasteiger charge is 2.27. The van der Waals surface area contributed by atoms with Gasteiger partial charge < -0.3 is 5.73 Å². The van der Waals surface area contributed by atoms with Gasteiger partial charge in [-0.25, -0.2) is 13.1 Å². The van der Waals surface area contributed by atoms with E-state index in [1.165, 1.54) is 0 Å². The van der Waals surface area contributed by atoms with Crippen molar-refractivity contribution < 1.29 is 8.42 Å². The Labute approximate surface area is 161 Å². The molecule has 0 fully saturated rings. The minimum atomic E-state index is -3.72. The van der Waals surface area contributed by atoms with Crippen LogP contribution in [0.3, 0.4) is 0 Å². The Morgan fingerprint density at radius 3 is 1.85 bits per heavy atom. The third-order valence-electron chi connectivity index (χ3n) is 4.63. The van der Waals surface area contributed by atoms with Gasteiger partial charge in [-0.15, -0.1) is 0 Å². The van der Waals surface area contributed by atoms with E-state index in [4.69, 9.17) is 5.73 Å². The van der Waals surface area contributed by atoms with Crippen molar-refractivity contribution in [2.24, 2.45) is 5.73 Å². The zero-order valence-corrected chi connectivity index (χ0v) is 16.1. The summed E-state index contributed by atoms with van der Waals surface area (Å²) in [5.74, 6) is 0. The van der Waals surface area contributed by atoms with Crippen LogP contribution in [0.5, 0.6) is 0 Å². The van der Waals surface area contributed by atoms with Gasteiger partial charge in [0.05, 0.1) is 17.0 Å². The molecule has 0 bridgehead atoms. The van der Waals surface area contributed by atoms with Crippen molar-refractivity contribution in [1.82, 2.24) is 4.72 Å². The van der Waals surface area contributed by atoms with Crippen LogP contribution in [0.2, 0.25) is 0 Å². The van der Waals surface area contributed by atoms with Gasteiger partial charge in [0.2, 0.25) is 10.0 Å². The van der Waals surface area contributed by atoms with Crippen LogP contribution in [0.15, 0.2) is 89.8 Å². The molecule has 0 amide bonds. The molecule has 2 atom stereocenters. The number of nitrogens with one attached hydrogen (secondary N) is 1. The fourth-order valence-corrected chi connectivity index (χ4v) is 4.26. The van der Waals surface area contributed by atoms with E-state index < -0.39 is 22.1 Å². The molecule has 0 aliphatic carbocycles. The fourth-order valence-electron chi connectivity index (χ4n) is 3.02. The van der Waals surface area contributed by atoms with Crippen LogP contribution in [0.4, 0.5) is 0 Å². The second-order valence-corrected chi connectivity index (χ2v) is 8.16. The second-order valence-electron chi connectivity index (χ2n) is 6.44. The Kier molecular flexibility index (Phi) is 6.06. The van der Waals surface area contributed by atoms with Gasteiger partial charge in [-0.1, -0.05) is 79.7 Å². The molecule has 5 heteroatoms. The van der Waals surface area contributed by atoms with Crippen LogP contribution in [0.1, 0.15) is 35.7 Å². The lowest BCUT2D eigenvalue weighted by atomic mass is 9.95. The molecule has 3 N–H and O–H groups in total. The molecule has 0 aliphatic heterocycles. The Hall–Kier alpha value is -2.47. The van der Waals surface area contributed by atoms with E-state index >= 15 is 0 Å². The summed E-state index contributed by atoms with van der Waals surface area (Å²) in [6.07, 6.45) is 0.860. The third kappa shape index (κ3) is 4.63. The number of rotatable bonds is 7. The molecule has 27 heavy (non-hydrogen) atoms. The molecule has 0 heterocycles. The average molecular weight is 381 g/mol. The van der Waals surface area contributed by atoms with Crippen LogP contribution in [0, 0.1) is 0 Å². The molecule has 3 aromatic rings. The summed E-state index contributed by atoms with van der Waals surface area (Å²) in [6, 6.07) is 24.8. The summed E-state index contributed by atoms with van der Waals surface area (Å²) in [7, 11) is -3.72. The predicted octanol–water partition coefficient (Wildman–Crippen LogP) is 3.97. The smallest absolute Gasteiger partial charge is 0.241 e. The van der Waals surface area contributed by atoms with Crippen LogP contribution < -0.4 is 10.5 Å². The molecule has 0 radical (unpaired) electrons. The molecular formula is C22H24N2O2S. The highest BCUT2D eigenvalue weighted by atomic mass is 32.2. The van der Waals surface area contributed by atoms with E-state index in [0.29, 0.717) is 0 Å². The maximum absolute atomic E-state index is 13.0. The van der Waals surface area contributed by atoms with Gasteiger partial charge in [-0.2, -0.15) is 0 Å². The molecular weight excluding hydrogens is 356 g/mol. The Morgan fingerprint density at radius 1 is 0.815 bits per heavy atom. The van der Waals surface area contributed by atoms with Gasteiger partial charge in [0.1, 0.15) is 0 Å². The van der Waals surface area contributed by atoms with Crippen LogP contribution in [-0.4, -0.2) is 8.42 Å². The van der Waals surface area contributed by atoms with Gasteiger partial charge in [0.25, 0.3) is 0 Å². The van der Waals surface area contributed by atoms with Crippen molar-refractivity contribution in [1.29, 1.82) is 0 Å². The maximum Gasteiger partial charge on any atom is 0.241 e. The van der Waals surface area contributed by atoms with E-state index in [1.54, 1.807) is 12.1 Å². The van der Waals surface area contributed by atoms with E-state index in [1.807, 2.05) is 79.7 Å². The second kappa shape index (κ2) is 8.48. The molecule has 0 saturated carbocycles. The van der Waals surface area contributed by atoms with Crippen molar-refractivity contribution in [3.8, 4) is 0 Å². The first kappa shape index (κ1) is 19.3. The van der Waals surface area contributed by atoms with Gasteiger partial charge in [0.15, 0.2) is 0 Å². The average Bonchev–Trinajstić information content (AvgIpc) is 2.73. The van der Waals surface area contributed by atoms with E-state index in [-0.39, 0.29) is 4.90 Å². The number of nitrogens with two attached hydrogens (primary N) is 1. The zero-order chi connectivity index (χ0) is 19.3. The Bertz CT molecular complexity index is 956. The topological polar surface area (TPSA) is 72.2 Å². The SMILES string of the molecule is CCc1ccc(S(=O)(=O)NC(c2ccccc2)C(N)c2ccccc2)cc1. The summed E-state index contributed by atoms with van der Waals surface area (Å²) in [6.45, 7) is 2.03. The predicted molar refractivity (Wildman–Crippen MR) is 109 cm³/mol. The number of hydrogen-bond acceptors (Lipinski definition) is 3. The standard InChI is InChI=1S/C22H24N2O2S/c1-2-17-13-15-20(16-14-17)27(25,26)24-22(19-11-7-4-8-12-19)21(23)18-9-5-3-6-10-18/h3-16,21-22,24H,2,23H2,1H3. The largest absolute Gasteiger partial charge is 0.322 e. The van der Waals surface area contributed by atoms with E-state index in [2.05, 4.69) is 4.72 Å². The van der Waals surface area contributed by atoms with Crippen LogP contribution >= 0.6 is 0 Å². The lowest BCUT2D eigenvalue weighted by Gasteiger charge is -2.26. The molecule has 140 valence electrons. The number of benzene rings is 3. The molecule has 2 unspecified atom stereocenters. The van der Waals surface area contributed by atoms with Crippen molar-refractivity contribution in [3.63, 3.8) is 0 Å². The number of hydrogen-bond donors (Lipinski definition) is 2. The molecule has 0 aromatic heterocycles. The van der Waals surface area contributed by atoms with Crippen molar-refractivity contribution in [2.45, 2.75) is 30.3 Å². The van der Waals surface area contributed by atoms with Crippen molar-refractivity contribution in [3.05, 3.63) is 102 Å². The maximum atomic E-state index is 13.0. The molecule has 3 aromatic carbocycles. The van der Waals surface area contributed by atoms with E-state index in [0.717, 1.165) is 23.1 Å². The zero-order valence-electron chi connectivity index (χ0n) is 15.2. The highest BCUT2D eigenvalue weighted by Crippen LogP contribution is 2.28. The lowest BCUT2D eigenvalue weighted by Crippen LogP contribution is -2.36. The minimum absolute atomic E-state index is 0.237. The summed E-state index contributed by atoms with van der Waals surface area (Å²) in [5, 5.41) is 0. The first-order valence-corrected chi connectivity index (χ1v) is 10.5. The van der Waals surface area contributed by atoms with Gasteiger partial charge in [0, 0.05) is 0 Å². The van der Waals surface area contributed by atoms with Crippen LogP contribution in [-0.2, 0) is 16.4 Å². The van der Waals surface area contributed by atoms with Crippen molar-refractivity contribution >= 4 is 10.0 Å². The van der Waals surface area contributed by atoms with Crippen LogP contribution in [0.25, 0.3) is 0 Å². The first-order chi connectivity index (χ1) is 13.0. The Morgan fingerprint density at radius 2 is 1.33 bits per heavy atom. The minimum Gasteiger partial charge on any atom is -0.322 e. The Balaban J connectivity index is 1.95. The monoisotopic (exact) mass is 380 g/mol. The molecule has 0 spiro atoms. The first-order valence-electron chi connectivity index (χ1n) is 8.98. The van der Waals surface area contributed by atoms with Gasteiger partial charge >= 0.3 is 0 Å². The number of sulfonamides is 1. The highest BCUT2D eigenvalue weighted by molar-refractivity contribution is 7.89. The van der Waals surface area contributed by atoms with Crippen molar-refractivity contribution in [2.75, 3.05) is 0 Å². The summed E-state index contributed by atoms with van der Waals surface area (Å²) in [5.41, 5.74) is 9.26. The molecule has 0 aliphatic rings. The summed E-state index contributed by atoms with van der Waals surface area (Å²) >= 11 is 0. The van der Waals surface area contributed by atoms with Gasteiger partial charge in [-0.05, 0) is 35.2 Å². The van der Waals surface area contributed by atoms with Gasteiger partial charge in [-0.3, -0.25) is 0 Å². The molecule has 3 rings (SSSR count). The quantitative estimate of drug-likeness (QED) is 0.651. The normalized spacial score (nSPS) is 13.9. The number of aryl methyl sites for hydroxylation is 1. The molecule has 0 saturated heterocycles. The van der Waals surface area contributed by atoms with E-state index in [9.17, 15) is 8.42 Å². The third-order valence-corrected chi connectivity index (χ3v) is 6.08. The summed E-state index contributed by atoms with van der Waals surface area (Å²) in [4.78, 5) is 0.237. The lowest BCUT2D eigenvalue weighted by molar-refractivity contribution is 0.504. The fraction of sp³-hybridized carbons (Fsp3) is 0.182. The summed E-state index contributed by atoms with van der Waals surface area (Å²) < 4.78 is 28.8. The molecule has 4 nitrogen and oxygen atoms in total.